The predicted octanol–water partition coefficient (Wildman–Crippen LogP) is 3.44. The Morgan fingerprint density at radius 3 is 2.47 bits per heavy atom. The summed E-state index contributed by atoms with van der Waals surface area (Å²) < 4.78 is 0. The summed E-state index contributed by atoms with van der Waals surface area (Å²) in [4.78, 5) is 14.4. The summed E-state index contributed by atoms with van der Waals surface area (Å²) in [6.07, 6.45) is 6.74. The van der Waals surface area contributed by atoms with Gasteiger partial charge in [0.2, 0.25) is 5.91 Å². The van der Waals surface area contributed by atoms with Gasteiger partial charge in [-0.25, -0.2) is 0 Å². The molecule has 1 aliphatic carbocycles. The zero-order valence-corrected chi connectivity index (χ0v) is 12.6. The second kappa shape index (κ2) is 5.73. The molecule has 1 aliphatic heterocycles. The van der Waals surface area contributed by atoms with Gasteiger partial charge in [-0.15, -0.1) is 0 Å². The average Bonchev–Trinajstić information content (AvgIpc) is 2.36. The molecule has 98 valence electrons. The minimum Gasteiger partial charge on any atom is -0.341 e. The number of carbonyl (C=O) groups excluding carboxylic acids is 1. The van der Waals surface area contributed by atoms with Crippen LogP contribution in [0.25, 0.3) is 0 Å². The maximum atomic E-state index is 12.3. The summed E-state index contributed by atoms with van der Waals surface area (Å²) >= 11 is 3.54. The number of nitrogens with zero attached hydrogens (tertiary/aromatic N) is 1. The lowest BCUT2D eigenvalue weighted by atomic mass is 9.75. The molecular formula is C14H24BrNO. The maximum absolute atomic E-state index is 12.3. The number of piperidine rings is 1. The van der Waals surface area contributed by atoms with Crippen LogP contribution < -0.4 is 0 Å². The summed E-state index contributed by atoms with van der Waals surface area (Å²) in [6.45, 7) is 6.20. The molecule has 2 fully saturated rings. The molecule has 17 heavy (non-hydrogen) atoms. The smallest absolute Gasteiger partial charge is 0.236 e. The highest BCUT2D eigenvalue weighted by atomic mass is 79.9. The first kappa shape index (κ1) is 13.4. The fraction of sp³-hybridized carbons (Fsp3) is 0.929. The van der Waals surface area contributed by atoms with Crippen molar-refractivity contribution in [3.63, 3.8) is 0 Å². The van der Waals surface area contributed by atoms with Crippen molar-refractivity contribution in [2.24, 2.45) is 17.8 Å². The summed E-state index contributed by atoms with van der Waals surface area (Å²) in [5.74, 6) is 2.38. The Kier molecular flexibility index (Phi) is 4.51. The van der Waals surface area contributed by atoms with Crippen LogP contribution in [0, 0.1) is 17.8 Å². The molecule has 3 heteroatoms. The predicted molar refractivity (Wildman–Crippen MR) is 74.2 cm³/mol. The van der Waals surface area contributed by atoms with Gasteiger partial charge in [-0.1, -0.05) is 49.0 Å². The van der Waals surface area contributed by atoms with Gasteiger partial charge in [0.05, 0.1) is 4.83 Å². The average molecular weight is 302 g/mol. The molecule has 0 aromatic heterocycles. The highest BCUT2D eigenvalue weighted by Crippen LogP contribution is 2.36. The molecule has 3 atom stereocenters. The third kappa shape index (κ3) is 3.04. The number of hydrogen-bond acceptors (Lipinski definition) is 1. The molecule has 3 unspecified atom stereocenters. The number of amides is 1. The molecule has 0 aromatic rings. The minimum absolute atomic E-state index is 0.00244. The minimum atomic E-state index is 0.00244. The maximum Gasteiger partial charge on any atom is 0.236 e. The second-order valence-electron chi connectivity index (χ2n) is 6.02. The first-order valence-electron chi connectivity index (χ1n) is 7.02. The van der Waals surface area contributed by atoms with Gasteiger partial charge in [0.25, 0.3) is 0 Å². The van der Waals surface area contributed by atoms with Crippen molar-refractivity contribution in [1.82, 2.24) is 4.90 Å². The van der Waals surface area contributed by atoms with Crippen LogP contribution in [0.2, 0.25) is 0 Å². The number of carbonyl (C=O) groups is 1. The van der Waals surface area contributed by atoms with Gasteiger partial charge in [-0.3, -0.25) is 4.79 Å². The summed E-state index contributed by atoms with van der Waals surface area (Å²) in [7, 11) is 0. The molecule has 1 saturated heterocycles. The zero-order valence-electron chi connectivity index (χ0n) is 11.0. The Balaban J connectivity index is 1.93. The van der Waals surface area contributed by atoms with Crippen molar-refractivity contribution in [1.29, 1.82) is 0 Å². The monoisotopic (exact) mass is 301 g/mol. The number of hydrogen-bond donors (Lipinski definition) is 0. The number of fused-ring (bicyclic) bond motifs is 1. The lowest BCUT2D eigenvalue weighted by Gasteiger charge is -2.42. The van der Waals surface area contributed by atoms with Crippen molar-refractivity contribution in [2.45, 2.75) is 50.8 Å². The van der Waals surface area contributed by atoms with Crippen molar-refractivity contribution in [2.75, 3.05) is 13.1 Å². The lowest BCUT2D eigenvalue weighted by Crippen LogP contribution is -2.48. The topological polar surface area (TPSA) is 20.3 Å². The normalized spacial score (nSPS) is 31.2. The molecule has 1 amide bonds. The van der Waals surface area contributed by atoms with Crippen molar-refractivity contribution in [3.8, 4) is 0 Å². The third-order valence-corrected chi connectivity index (χ3v) is 5.87. The summed E-state index contributed by atoms with van der Waals surface area (Å²) in [5, 5.41) is 0. The van der Waals surface area contributed by atoms with E-state index in [1.807, 2.05) is 0 Å². The van der Waals surface area contributed by atoms with E-state index in [0.29, 0.717) is 11.8 Å². The molecular weight excluding hydrogens is 278 g/mol. The van der Waals surface area contributed by atoms with Gasteiger partial charge in [-0.05, 0) is 30.6 Å². The molecule has 2 aliphatic rings. The first-order valence-corrected chi connectivity index (χ1v) is 7.94. The molecule has 0 bridgehead atoms. The quantitative estimate of drug-likeness (QED) is 0.716. The first-order chi connectivity index (χ1) is 8.09. The van der Waals surface area contributed by atoms with Crippen LogP contribution in [-0.4, -0.2) is 28.7 Å². The Morgan fingerprint density at radius 2 is 1.82 bits per heavy atom. The number of rotatable bonds is 2. The Morgan fingerprint density at radius 1 is 1.18 bits per heavy atom. The van der Waals surface area contributed by atoms with Crippen LogP contribution in [0.1, 0.15) is 46.0 Å². The highest BCUT2D eigenvalue weighted by Gasteiger charge is 2.34. The molecule has 2 rings (SSSR count). The van der Waals surface area contributed by atoms with Gasteiger partial charge in [0, 0.05) is 13.1 Å². The van der Waals surface area contributed by atoms with E-state index in [1.165, 1.54) is 32.1 Å². The molecule has 0 radical (unpaired) electrons. The SMILES string of the molecule is CC(C)C(Br)C(=O)N1CCC2CCCCC2C1. The van der Waals surface area contributed by atoms with E-state index in [1.54, 1.807) is 0 Å². The molecule has 2 nitrogen and oxygen atoms in total. The second-order valence-corrected chi connectivity index (χ2v) is 7.01. The number of alkyl halides is 1. The van der Waals surface area contributed by atoms with E-state index >= 15 is 0 Å². The van der Waals surface area contributed by atoms with Gasteiger partial charge in [0.1, 0.15) is 0 Å². The van der Waals surface area contributed by atoms with E-state index in [2.05, 4.69) is 34.7 Å². The van der Waals surface area contributed by atoms with E-state index in [0.717, 1.165) is 24.9 Å². The van der Waals surface area contributed by atoms with Crippen LogP contribution in [0.15, 0.2) is 0 Å². The molecule has 0 aromatic carbocycles. The lowest BCUT2D eigenvalue weighted by molar-refractivity contribution is -0.134. The Hall–Kier alpha value is -0.0500. The third-order valence-electron chi connectivity index (χ3n) is 4.42. The standard InChI is InChI=1S/C14H24BrNO/c1-10(2)13(15)14(17)16-8-7-11-5-3-4-6-12(11)9-16/h10-13H,3-9H2,1-2H3. The molecule has 1 heterocycles. The van der Waals surface area contributed by atoms with Crippen molar-refractivity contribution in [3.05, 3.63) is 0 Å². The molecule has 0 N–H and O–H groups in total. The summed E-state index contributed by atoms with van der Waals surface area (Å²) in [6, 6.07) is 0. The number of likely N-dealkylation sites (tertiary alicyclic amines) is 1. The van der Waals surface area contributed by atoms with E-state index in [-0.39, 0.29) is 4.83 Å². The van der Waals surface area contributed by atoms with E-state index < -0.39 is 0 Å². The van der Waals surface area contributed by atoms with Crippen LogP contribution in [-0.2, 0) is 4.79 Å². The zero-order chi connectivity index (χ0) is 12.4. The molecule has 0 spiro atoms. The van der Waals surface area contributed by atoms with E-state index in [9.17, 15) is 4.79 Å². The largest absolute Gasteiger partial charge is 0.341 e. The van der Waals surface area contributed by atoms with Gasteiger partial charge in [0.15, 0.2) is 0 Å². The van der Waals surface area contributed by atoms with Gasteiger partial charge >= 0.3 is 0 Å². The van der Waals surface area contributed by atoms with Crippen molar-refractivity contribution >= 4 is 21.8 Å². The van der Waals surface area contributed by atoms with Crippen LogP contribution >= 0.6 is 15.9 Å². The highest BCUT2D eigenvalue weighted by molar-refractivity contribution is 9.10. The number of halogens is 1. The van der Waals surface area contributed by atoms with E-state index in [4.69, 9.17) is 0 Å². The van der Waals surface area contributed by atoms with Crippen LogP contribution in [0.5, 0.6) is 0 Å². The van der Waals surface area contributed by atoms with Crippen LogP contribution in [0.3, 0.4) is 0 Å². The fourth-order valence-corrected chi connectivity index (χ4v) is 3.55. The summed E-state index contributed by atoms with van der Waals surface area (Å²) in [5.41, 5.74) is 0. The van der Waals surface area contributed by atoms with Crippen LogP contribution in [0.4, 0.5) is 0 Å². The van der Waals surface area contributed by atoms with Gasteiger partial charge < -0.3 is 4.90 Å². The van der Waals surface area contributed by atoms with Crippen molar-refractivity contribution < 1.29 is 4.79 Å². The fourth-order valence-electron chi connectivity index (χ4n) is 3.26. The van der Waals surface area contributed by atoms with Gasteiger partial charge in [-0.2, -0.15) is 0 Å². The Labute approximate surface area is 113 Å². The molecule has 1 saturated carbocycles. The Bertz CT molecular complexity index is 279.